The molecule has 0 aliphatic rings. The zero-order chi connectivity index (χ0) is 13.8. The Labute approximate surface area is 106 Å². The molecule has 0 heterocycles. The third-order valence-corrected chi connectivity index (χ3v) is 3.01. The van der Waals surface area contributed by atoms with Gasteiger partial charge < -0.3 is 14.7 Å². The quantitative estimate of drug-likeness (QED) is 0.777. The minimum Gasteiger partial charge on any atom is -0.494 e. The molecule has 1 amide bonds. The lowest BCUT2D eigenvalue weighted by Gasteiger charge is -2.32. The molecular weight excluding hydrogens is 234 g/mol. The van der Waals surface area contributed by atoms with Gasteiger partial charge in [-0.25, -0.2) is 4.79 Å². The van der Waals surface area contributed by atoms with Gasteiger partial charge in [0.1, 0.15) is 5.75 Å². The zero-order valence-corrected chi connectivity index (χ0v) is 10.7. The number of hydrogen-bond acceptors (Lipinski definition) is 3. The fraction of sp³-hybridized carbons (Fsp3) is 0.385. The van der Waals surface area contributed by atoms with Gasteiger partial charge >= 0.3 is 5.97 Å². The lowest BCUT2D eigenvalue weighted by Crippen LogP contribution is -2.47. The van der Waals surface area contributed by atoms with Crippen molar-refractivity contribution in [3.8, 4) is 5.75 Å². The van der Waals surface area contributed by atoms with E-state index in [1.54, 1.807) is 24.3 Å². The van der Waals surface area contributed by atoms with Gasteiger partial charge in [-0.2, -0.15) is 0 Å². The number of carboxylic acid groups (broad SMARTS) is 1. The maximum absolute atomic E-state index is 11.4. The Morgan fingerprint density at radius 3 is 2.39 bits per heavy atom. The predicted molar refractivity (Wildman–Crippen MR) is 66.4 cm³/mol. The molecule has 0 saturated carbocycles. The predicted octanol–water partition coefficient (Wildman–Crippen LogP) is 1.47. The number of rotatable bonds is 6. The highest BCUT2D eigenvalue weighted by atomic mass is 16.5. The van der Waals surface area contributed by atoms with Crippen LogP contribution < -0.4 is 4.74 Å². The first kappa shape index (κ1) is 14.0. The minimum absolute atomic E-state index is 0.505. The summed E-state index contributed by atoms with van der Waals surface area (Å²) in [7, 11) is 1.44. The molecule has 5 heteroatoms. The van der Waals surface area contributed by atoms with E-state index in [9.17, 15) is 14.7 Å². The maximum Gasteiger partial charge on any atom is 0.334 e. The molecule has 1 N–H and O–H groups in total. The lowest BCUT2D eigenvalue weighted by atomic mass is 9.91. The van der Waals surface area contributed by atoms with Crippen molar-refractivity contribution in [1.82, 2.24) is 4.90 Å². The van der Waals surface area contributed by atoms with Crippen LogP contribution in [-0.4, -0.2) is 36.0 Å². The van der Waals surface area contributed by atoms with Crippen molar-refractivity contribution in [1.29, 1.82) is 0 Å². The van der Waals surface area contributed by atoms with Crippen molar-refractivity contribution in [3.63, 3.8) is 0 Å². The monoisotopic (exact) mass is 251 g/mol. The Kier molecular flexibility index (Phi) is 4.31. The molecule has 0 saturated heterocycles. The van der Waals surface area contributed by atoms with Gasteiger partial charge in [-0.1, -0.05) is 12.1 Å². The fourth-order valence-electron chi connectivity index (χ4n) is 1.63. The SMILES string of the molecule is CCOc1ccc(C(C)(C(=O)O)N(C)C=O)cc1. The molecule has 1 rings (SSSR count). The molecule has 98 valence electrons. The number of ether oxygens (including phenoxy) is 1. The Balaban J connectivity index is 3.14. The number of benzene rings is 1. The second-order valence-corrected chi connectivity index (χ2v) is 4.05. The lowest BCUT2D eigenvalue weighted by molar-refractivity contribution is -0.153. The second-order valence-electron chi connectivity index (χ2n) is 4.05. The number of nitrogens with zero attached hydrogens (tertiary/aromatic N) is 1. The molecule has 0 aromatic heterocycles. The van der Waals surface area contributed by atoms with E-state index in [4.69, 9.17) is 4.74 Å². The largest absolute Gasteiger partial charge is 0.494 e. The molecule has 0 fully saturated rings. The van der Waals surface area contributed by atoms with E-state index >= 15 is 0 Å². The molecule has 1 atom stereocenters. The fourth-order valence-corrected chi connectivity index (χ4v) is 1.63. The van der Waals surface area contributed by atoms with Crippen LogP contribution in [0.3, 0.4) is 0 Å². The van der Waals surface area contributed by atoms with E-state index in [1.165, 1.54) is 14.0 Å². The number of aliphatic carboxylic acids is 1. The van der Waals surface area contributed by atoms with E-state index in [0.29, 0.717) is 24.3 Å². The average Bonchev–Trinajstić information content (AvgIpc) is 2.37. The van der Waals surface area contributed by atoms with E-state index in [2.05, 4.69) is 0 Å². The summed E-state index contributed by atoms with van der Waals surface area (Å²) in [6.07, 6.45) is 0.505. The van der Waals surface area contributed by atoms with Gasteiger partial charge in [0.15, 0.2) is 5.54 Å². The molecule has 1 unspecified atom stereocenters. The van der Waals surface area contributed by atoms with Crippen LogP contribution in [0.5, 0.6) is 5.75 Å². The summed E-state index contributed by atoms with van der Waals surface area (Å²) in [6, 6.07) is 6.69. The van der Waals surface area contributed by atoms with Gasteiger partial charge in [-0.15, -0.1) is 0 Å². The first-order valence-electron chi connectivity index (χ1n) is 5.61. The average molecular weight is 251 g/mol. The normalized spacial score (nSPS) is 13.5. The van der Waals surface area contributed by atoms with E-state index in [1.807, 2.05) is 6.92 Å². The maximum atomic E-state index is 11.4. The number of carbonyl (C=O) groups is 2. The summed E-state index contributed by atoms with van der Waals surface area (Å²) in [4.78, 5) is 23.4. The Morgan fingerprint density at radius 1 is 1.44 bits per heavy atom. The van der Waals surface area contributed by atoms with Crippen molar-refractivity contribution in [2.45, 2.75) is 19.4 Å². The molecule has 1 aromatic carbocycles. The standard InChI is InChI=1S/C13H17NO4/c1-4-18-11-7-5-10(6-8-11)13(2,12(16)17)14(3)9-15/h5-9H,4H2,1-3H3,(H,16,17). The van der Waals surface area contributed by atoms with Crippen molar-refractivity contribution in [3.05, 3.63) is 29.8 Å². The summed E-state index contributed by atoms with van der Waals surface area (Å²) in [5.74, 6) is -0.413. The van der Waals surface area contributed by atoms with Crippen molar-refractivity contribution >= 4 is 12.4 Å². The smallest absolute Gasteiger partial charge is 0.334 e. The van der Waals surface area contributed by atoms with Gasteiger partial charge in [0, 0.05) is 7.05 Å². The van der Waals surface area contributed by atoms with E-state index in [0.717, 1.165) is 4.90 Å². The number of carboxylic acids is 1. The summed E-state index contributed by atoms with van der Waals surface area (Å²) < 4.78 is 5.29. The molecular formula is C13H17NO4. The van der Waals surface area contributed by atoms with Gasteiger partial charge in [-0.05, 0) is 31.5 Å². The third kappa shape index (κ3) is 2.45. The van der Waals surface area contributed by atoms with Crippen LogP contribution in [-0.2, 0) is 15.1 Å². The highest BCUT2D eigenvalue weighted by molar-refractivity contribution is 5.82. The van der Waals surface area contributed by atoms with Gasteiger partial charge in [0.05, 0.1) is 6.61 Å². The molecule has 0 spiro atoms. The number of carbonyl (C=O) groups excluding carboxylic acids is 1. The number of hydrogen-bond donors (Lipinski definition) is 1. The van der Waals surface area contributed by atoms with Gasteiger partial charge in [-0.3, -0.25) is 4.79 Å². The van der Waals surface area contributed by atoms with Crippen molar-refractivity contribution in [2.75, 3.05) is 13.7 Å². The highest BCUT2D eigenvalue weighted by Gasteiger charge is 2.39. The number of amides is 1. The van der Waals surface area contributed by atoms with Gasteiger partial charge in [0.25, 0.3) is 0 Å². The van der Waals surface area contributed by atoms with Crippen LogP contribution >= 0.6 is 0 Å². The Morgan fingerprint density at radius 2 is 2.00 bits per heavy atom. The Hall–Kier alpha value is -2.04. The summed E-state index contributed by atoms with van der Waals surface area (Å²) >= 11 is 0. The molecule has 18 heavy (non-hydrogen) atoms. The zero-order valence-electron chi connectivity index (χ0n) is 10.7. The highest BCUT2D eigenvalue weighted by Crippen LogP contribution is 2.28. The summed E-state index contributed by atoms with van der Waals surface area (Å²) in [5.41, 5.74) is -0.861. The van der Waals surface area contributed by atoms with Crippen molar-refractivity contribution < 1.29 is 19.4 Å². The molecule has 5 nitrogen and oxygen atoms in total. The first-order chi connectivity index (χ1) is 8.46. The molecule has 0 radical (unpaired) electrons. The summed E-state index contributed by atoms with van der Waals surface area (Å²) in [6.45, 7) is 3.90. The second kappa shape index (κ2) is 5.53. The topological polar surface area (TPSA) is 66.8 Å². The third-order valence-electron chi connectivity index (χ3n) is 3.01. The Bertz CT molecular complexity index is 429. The van der Waals surface area contributed by atoms with Gasteiger partial charge in [0.2, 0.25) is 6.41 Å². The van der Waals surface area contributed by atoms with Crippen LogP contribution in [0.15, 0.2) is 24.3 Å². The van der Waals surface area contributed by atoms with E-state index < -0.39 is 11.5 Å². The molecule has 0 aliphatic carbocycles. The van der Waals surface area contributed by atoms with Crippen LogP contribution in [0.2, 0.25) is 0 Å². The molecule has 0 aliphatic heterocycles. The van der Waals surface area contributed by atoms with Crippen LogP contribution in [0.1, 0.15) is 19.4 Å². The number of likely N-dealkylation sites (N-methyl/N-ethyl adjacent to an activating group) is 1. The molecule has 1 aromatic rings. The van der Waals surface area contributed by atoms with E-state index in [-0.39, 0.29) is 0 Å². The van der Waals surface area contributed by atoms with Crippen molar-refractivity contribution in [2.24, 2.45) is 0 Å². The van der Waals surface area contributed by atoms with Crippen LogP contribution in [0, 0.1) is 0 Å². The van der Waals surface area contributed by atoms with Crippen LogP contribution in [0.4, 0.5) is 0 Å². The summed E-state index contributed by atoms with van der Waals surface area (Å²) in [5, 5.41) is 9.33. The molecule has 0 bridgehead atoms. The van der Waals surface area contributed by atoms with Crippen LogP contribution in [0.25, 0.3) is 0 Å². The minimum atomic E-state index is -1.38. The first-order valence-corrected chi connectivity index (χ1v) is 5.61.